The van der Waals surface area contributed by atoms with Gasteiger partial charge in [0.25, 0.3) is 5.91 Å². The molecule has 2 aromatic carbocycles. The van der Waals surface area contributed by atoms with E-state index in [0.29, 0.717) is 30.3 Å². The van der Waals surface area contributed by atoms with Gasteiger partial charge in [0.15, 0.2) is 5.78 Å². The van der Waals surface area contributed by atoms with Gasteiger partial charge in [0.2, 0.25) is 0 Å². The molecule has 1 unspecified atom stereocenters. The number of halogens is 2. The molecule has 0 aliphatic carbocycles. The number of anilines is 1. The van der Waals surface area contributed by atoms with Crippen molar-refractivity contribution in [2.45, 2.75) is 26.1 Å². The summed E-state index contributed by atoms with van der Waals surface area (Å²) in [4.78, 5) is 28.9. The molecule has 166 valence electrons. The number of nitrogens with two attached hydrogens (primary N) is 1. The first kappa shape index (κ1) is 23.0. The van der Waals surface area contributed by atoms with Gasteiger partial charge in [-0.1, -0.05) is 18.2 Å². The van der Waals surface area contributed by atoms with E-state index in [9.17, 15) is 18.4 Å². The summed E-state index contributed by atoms with van der Waals surface area (Å²) in [7, 11) is 0. The van der Waals surface area contributed by atoms with Crippen molar-refractivity contribution in [3.63, 3.8) is 0 Å². The molecule has 8 heteroatoms. The molecule has 6 nitrogen and oxygen atoms in total. The molecule has 3 aromatic rings. The summed E-state index contributed by atoms with van der Waals surface area (Å²) in [6.07, 6.45) is 1.72. The molecule has 0 saturated heterocycles. The number of hydrogen-bond acceptors (Lipinski definition) is 5. The Kier molecular flexibility index (Phi) is 7.62. The number of nitrogens with zero attached hydrogens (tertiary/aromatic N) is 1. The lowest BCUT2D eigenvalue weighted by atomic mass is 10.0. The van der Waals surface area contributed by atoms with Gasteiger partial charge in [-0.3, -0.25) is 14.6 Å². The van der Waals surface area contributed by atoms with Crippen molar-refractivity contribution < 1.29 is 23.1 Å². The minimum Gasteiger partial charge on any atom is -0.397 e. The van der Waals surface area contributed by atoms with Gasteiger partial charge in [0.1, 0.15) is 11.6 Å². The van der Waals surface area contributed by atoms with E-state index in [2.05, 4.69) is 10.3 Å². The van der Waals surface area contributed by atoms with E-state index in [1.54, 1.807) is 24.3 Å². The normalized spacial score (nSPS) is 11.7. The summed E-state index contributed by atoms with van der Waals surface area (Å²) in [5, 5.41) is 2.82. The fraction of sp³-hybridized carbons (Fsp3) is 0.208. The fourth-order valence-corrected chi connectivity index (χ4v) is 3.03. The SMILES string of the molecule is CC(CCNC(=O)c1ccccc1)OCc1nccc(C(=O)c2ccc(F)cc2F)c1N. The summed E-state index contributed by atoms with van der Waals surface area (Å²) in [6.45, 7) is 2.29. The third-order valence-corrected chi connectivity index (χ3v) is 4.87. The van der Waals surface area contributed by atoms with Crippen LogP contribution in [-0.2, 0) is 11.3 Å². The zero-order valence-corrected chi connectivity index (χ0v) is 17.5. The number of amides is 1. The maximum absolute atomic E-state index is 14.0. The third kappa shape index (κ3) is 5.73. The summed E-state index contributed by atoms with van der Waals surface area (Å²) >= 11 is 0. The molecule has 1 aromatic heterocycles. The highest BCUT2D eigenvalue weighted by atomic mass is 19.1. The molecule has 0 fully saturated rings. The van der Waals surface area contributed by atoms with Crippen molar-refractivity contribution in [2.24, 2.45) is 0 Å². The number of nitrogen functional groups attached to an aromatic ring is 1. The van der Waals surface area contributed by atoms with E-state index in [1.165, 1.54) is 12.3 Å². The highest BCUT2D eigenvalue weighted by molar-refractivity contribution is 6.12. The Labute approximate surface area is 184 Å². The average molecular weight is 439 g/mol. The molecule has 0 bridgehead atoms. The van der Waals surface area contributed by atoms with E-state index in [1.807, 2.05) is 13.0 Å². The number of ketones is 1. The van der Waals surface area contributed by atoms with Gasteiger partial charge in [0, 0.05) is 29.9 Å². The number of nitrogens with one attached hydrogen (secondary N) is 1. The van der Waals surface area contributed by atoms with Crippen LogP contribution in [0.15, 0.2) is 60.8 Å². The van der Waals surface area contributed by atoms with Crippen LogP contribution in [0.5, 0.6) is 0 Å². The van der Waals surface area contributed by atoms with Crippen LogP contribution in [-0.4, -0.2) is 29.3 Å². The summed E-state index contributed by atoms with van der Waals surface area (Å²) in [5.74, 6) is -2.57. The standard InChI is InChI=1S/C24H23F2N3O3/c1-15(9-11-29-24(31)16-5-3-2-4-6-16)32-14-21-22(27)19(10-12-28-21)23(30)18-8-7-17(25)13-20(18)26/h2-8,10,12-13,15H,9,11,14,27H2,1H3,(H,29,31). The van der Waals surface area contributed by atoms with Crippen LogP contribution in [0.4, 0.5) is 14.5 Å². The van der Waals surface area contributed by atoms with Crippen LogP contribution < -0.4 is 11.1 Å². The van der Waals surface area contributed by atoms with E-state index in [4.69, 9.17) is 10.5 Å². The number of ether oxygens (including phenoxy) is 1. The van der Waals surface area contributed by atoms with Gasteiger partial charge in [-0.25, -0.2) is 8.78 Å². The average Bonchev–Trinajstić information content (AvgIpc) is 2.78. The number of carbonyl (C=O) groups excluding carboxylic acids is 2. The zero-order valence-electron chi connectivity index (χ0n) is 17.5. The van der Waals surface area contributed by atoms with Crippen LogP contribution in [0.2, 0.25) is 0 Å². The lowest BCUT2D eigenvalue weighted by Gasteiger charge is -2.15. The van der Waals surface area contributed by atoms with Crippen molar-refractivity contribution in [3.8, 4) is 0 Å². The first-order chi connectivity index (χ1) is 15.4. The molecule has 0 spiro atoms. The highest BCUT2D eigenvalue weighted by Gasteiger charge is 2.19. The lowest BCUT2D eigenvalue weighted by Crippen LogP contribution is -2.27. The van der Waals surface area contributed by atoms with Crippen LogP contribution in [0.3, 0.4) is 0 Å². The van der Waals surface area contributed by atoms with E-state index in [-0.39, 0.29) is 35.4 Å². The number of carbonyl (C=O) groups is 2. The predicted octanol–water partition coefficient (Wildman–Crippen LogP) is 3.90. The first-order valence-corrected chi connectivity index (χ1v) is 10.0. The number of rotatable bonds is 9. The molecule has 1 atom stereocenters. The van der Waals surface area contributed by atoms with Crippen molar-refractivity contribution in [3.05, 3.63) is 94.8 Å². The summed E-state index contributed by atoms with van der Waals surface area (Å²) in [6, 6.07) is 13.0. The Bertz CT molecular complexity index is 1110. The quantitative estimate of drug-likeness (QED) is 0.493. The molecule has 0 saturated carbocycles. The van der Waals surface area contributed by atoms with Gasteiger partial charge in [-0.15, -0.1) is 0 Å². The Morgan fingerprint density at radius 2 is 1.84 bits per heavy atom. The first-order valence-electron chi connectivity index (χ1n) is 10.0. The second kappa shape index (κ2) is 10.6. The molecule has 0 radical (unpaired) electrons. The maximum Gasteiger partial charge on any atom is 0.251 e. The van der Waals surface area contributed by atoms with Crippen LogP contribution in [0.25, 0.3) is 0 Å². The zero-order chi connectivity index (χ0) is 23.1. The highest BCUT2D eigenvalue weighted by Crippen LogP contribution is 2.22. The Hall–Kier alpha value is -3.65. The van der Waals surface area contributed by atoms with Crippen LogP contribution in [0.1, 0.15) is 45.3 Å². The smallest absolute Gasteiger partial charge is 0.251 e. The maximum atomic E-state index is 14.0. The Morgan fingerprint density at radius 3 is 2.56 bits per heavy atom. The predicted molar refractivity (Wildman–Crippen MR) is 116 cm³/mol. The third-order valence-electron chi connectivity index (χ3n) is 4.87. The number of aromatic nitrogens is 1. The van der Waals surface area contributed by atoms with Gasteiger partial charge in [-0.2, -0.15) is 0 Å². The molecule has 1 heterocycles. The Morgan fingerprint density at radius 1 is 1.09 bits per heavy atom. The second-order valence-corrected chi connectivity index (χ2v) is 7.20. The molecular formula is C24H23F2N3O3. The van der Waals surface area contributed by atoms with Crippen LogP contribution in [0, 0.1) is 11.6 Å². The monoisotopic (exact) mass is 439 g/mol. The molecule has 1 amide bonds. The lowest BCUT2D eigenvalue weighted by molar-refractivity contribution is 0.0459. The van der Waals surface area contributed by atoms with Gasteiger partial charge in [-0.05, 0) is 43.7 Å². The molecule has 0 aliphatic heterocycles. The summed E-state index contributed by atoms with van der Waals surface area (Å²) in [5.41, 5.74) is 6.85. The largest absolute Gasteiger partial charge is 0.397 e. The second-order valence-electron chi connectivity index (χ2n) is 7.20. The van der Waals surface area contributed by atoms with Crippen LogP contribution >= 0.6 is 0 Å². The molecule has 3 N–H and O–H groups in total. The van der Waals surface area contributed by atoms with Crippen molar-refractivity contribution in [2.75, 3.05) is 12.3 Å². The minimum absolute atomic E-state index is 0.0344. The van der Waals surface area contributed by atoms with Crippen molar-refractivity contribution in [1.82, 2.24) is 10.3 Å². The van der Waals surface area contributed by atoms with Gasteiger partial charge >= 0.3 is 0 Å². The van der Waals surface area contributed by atoms with Crippen molar-refractivity contribution >= 4 is 17.4 Å². The fourth-order valence-electron chi connectivity index (χ4n) is 3.03. The molecule has 32 heavy (non-hydrogen) atoms. The number of benzene rings is 2. The van der Waals surface area contributed by atoms with E-state index >= 15 is 0 Å². The van der Waals surface area contributed by atoms with Gasteiger partial charge < -0.3 is 15.8 Å². The minimum atomic E-state index is -0.963. The number of hydrogen-bond donors (Lipinski definition) is 2. The summed E-state index contributed by atoms with van der Waals surface area (Å²) < 4.78 is 32.9. The van der Waals surface area contributed by atoms with Gasteiger partial charge in [0.05, 0.1) is 29.7 Å². The molecule has 3 rings (SSSR count). The van der Waals surface area contributed by atoms with E-state index < -0.39 is 17.4 Å². The van der Waals surface area contributed by atoms with Crippen molar-refractivity contribution in [1.29, 1.82) is 0 Å². The van der Waals surface area contributed by atoms with E-state index in [0.717, 1.165) is 12.1 Å². The molecular weight excluding hydrogens is 416 g/mol. The number of pyridine rings is 1. The molecule has 0 aliphatic rings. The topological polar surface area (TPSA) is 94.3 Å². The Balaban J connectivity index is 1.56.